The molecule has 0 aliphatic carbocycles. The fraction of sp³-hybridized carbons (Fsp3) is 0.429. The van der Waals surface area contributed by atoms with Crippen molar-refractivity contribution in [1.82, 2.24) is 4.90 Å². The molecular formula is C14H13F4NO3. The van der Waals surface area contributed by atoms with Gasteiger partial charge in [-0.3, -0.25) is 9.59 Å². The molecule has 1 aromatic rings. The second-order valence-electron chi connectivity index (χ2n) is 5.12. The summed E-state index contributed by atoms with van der Waals surface area (Å²) in [5.74, 6) is -3.91. The second-order valence-corrected chi connectivity index (χ2v) is 5.12. The van der Waals surface area contributed by atoms with E-state index < -0.39 is 40.9 Å². The number of carboxylic acid groups (broad SMARTS) is 1. The average Bonchev–Trinajstić information content (AvgIpc) is 2.45. The van der Waals surface area contributed by atoms with Gasteiger partial charge < -0.3 is 10.0 Å². The Morgan fingerprint density at radius 1 is 1.27 bits per heavy atom. The van der Waals surface area contributed by atoms with Crippen molar-refractivity contribution in [1.29, 1.82) is 0 Å². The normalized spacial score (nSPS) is 19.1. The van der Waals surface area contributed by atoms with Gasteiger partial charge in [-0.25, -0.2) is 4.39 Å². The van der Waals surface area contributed by atoms with Crippen LogP contribution in [0.15, 0.2) is 18.2 Å². The first-order valence-electron chi connectivity index (χ1n) is 6.59. The highest BCUT2D eigenvalue weighted by Gasteiger charge is 2.38. The van der Waals surface area contributed by atoms with Crippen LogP contribution in [0.4, 0.5) is 17.6 Å². The maximum atomic E-state index is 13.0. The van der Waals surface area contributed by atoms with E-state index in [1.165, 1.54) is 0 Å². The number of amides is 1. The van der Waals surface area contributed by atoms with Crippen LogP contribution in [-0.2, 0) is 11.0 Å². The minimum absolute atomic E-state index is 0.150. The van der Waals surface area contributed by atoms with E-state index in [1.54, 1.807) is 0 Å². The number of rotatable bonds is 2. The number of piperidine rings is 1. The molecule has 1 atom stereocenters. The Hall–Kier alpha value is -2.12. The molecule has 2 rings (SSSR count). The van der Waals surface area contributed by atoms with Gasteiger partial charge in [-0.2, -0.15) is 13.2 Å². The van der Waals surface area contributed by atoms with Crippen molar-refractivity contribution in [2.45, 2.75) is 19.0 Å². The smallest absolute Gasteiger partial charge is 0.417 e. The summed E-state index contributed by atoms with van der Waals surface area (Å²) < 4.78 is 51.8. The quantitative estimate of drug-likeness (QED) is 0.853. The van der Waals surface area contributed by atoms with E-state index in [1.807, 2.05) is 0 Å². The van der Waals surface area contributed by atoms with Crippen molar-refractivity contribution >= 4 is 11.9 Å². The third-order valence-corrected chi connectivity index (χ3v) is 3.58. The molecule has 8 heteroatoms. The Kier molecular flexibility index (Phi) is 4.39. The van der Waals surface area contributed by atoms with Gasteiger partial charge in [-0.1, -0.05) is 0 Å². The first kappa shape index (κ1) is 16.3. The predicted molar refractivity (Wildman–Crippen MR) is 67.7 cm³/mol. The van der Waals surface area contributed by atoms with Crippen molar-refractivity contribution < 1.29 is 32.3 Å². The summed E-state index contributed by atoms with van der Waals surface area (Å²) >= 11 is 0. The zero-order chi connectivity index (χ0) is 16.5. The summed E-state index contributed by atoms with van der Waals surface area (Å²) in [6.45, 7) is 0.0279. The van der Waals surface area contributed by atoms with Crippen LogP contribution in [0.2, 0.25) is 0 Å². The summed E-state index contributed by atoms with van der Waals surface area (Å²) in [4.78, 5) is 24.3. The third kappa shape index (κ3) is 3.37. The molecule has 0 saturated carbocycles. The minimum Gasteiger partial charge on any atom is -0.481 e. The number of alkyl halides is 3. The lowest BCUT2D eigenvalue weighted by molar-refractivity contribution is -0.143. The summed E-state index contributed by atoms with van der Waals surface area (Å²) in [5.41, 5.74) is -2.02. The molecule has 1 aromatic carbocycles. The average molecular weight is 319 g/mol. The van der Waals surface area contributed by atoms with Crippen molar-refractivity contribution in [3.63, 3.8) is 0 Å². The number of carbonyl (C=O) groups is 2. The molecule has 0 spiro atoms. The number of benzene rings is 1. The van der Waals surface area contributed by atoms with Gasteiger partial charge in [0.1, 0.15) is 5.82 Å². The Bertz CT molecular complexity index is 600. The molecule has 1 N–H and O–H groups in total. The van der Waals surface area contributed by atoms with E-state index in [9.17, 15) is 27.2 Å². The lowest BCUT2D eigenvalue weighted by Crippen LogP contribution is -2.42. The number of carboxylic acids is 1. The summed E-state index contributed by atoms with van der Waals surface area (Å²) in [5, 5.41) is 8.96. The fourth-order valence-corrected chi connectivity index (χ4v) is 2.47. The van der Waals surface area contributed by atoms with Crippen LogP contribution in [0.1, 0.15) is 28.8 Å². The van der Waals surface area contributed by atoms with Crippen LogP contribution in [-0.4, -0.2) is 35.0 Å². The number of aliphatic carboxylic acids is 1. The van der Waals surface area contributed by atoms with E-state index >= 15 is 0 Å². The number of carbonyl (C=O) groups excluding carboxylic acids is 1. The van der Waals surface area contributed by atoms with Gasteiger partial charge in [-0.15, -0.1) is 0 Å². The summed E-state index contributed by atoms with van der Waals surface area (Å²) in [7, 11) is 0. The lowest BCUT2D eigenvalue weighted by Gasteiger charge is -2.31. The molecule has 1 heterocycles. The number of likely N-dealkylation sites (tertiary alicyclic amines) is 1. The Labute approximate surface area is 123 Å². The molecule has 0 aromatic heterocycles. The van der Waals surface area contributed by atoms with E-state index in [-0.39, 0.29) is 19.2 Å². The molecule has 0 radical (unpaired) electrons. The standard InChI is InChI=1S/C14H13F4NO3/c15-9-3-4-10(11(6-9)14(16,17)18)12(20)19-5-1-2-8(7-19)13(21)22/h3-4,6,8H,1-2,5,7H2,(H,21,22). The third-order valence-electron chi connectivity index (χ3n) is 3.58. The number of halogens is 4. The monoisotopic (exact) mass is 319 g/mol. The molecule has 1 fully saturated rings. The van der Waals surface area contributed by atoms with Gasteiger partial charge in [0.25, 0.3) is 5.91 Å². The molecule has 1 amide bonds. The van der Waals surface area contributed by atoms with Crippen LogP contribution in [0, 0.1) is 11.7 Å². The van der Waals surface area contributed by atoms with E-state index in [2.05, 4.69) is 0 Å². The molecule has 1 aliphatic heterocycles. The molecular weight excluding hydrogens is 306 g/mol. The maximum absolute atomic E-state index is 13.0. The van der Waals surface area contributed by atoms with E-state index in [0.29, 0.717) is 12.8 Å². The molecule has 4 nitrogen and oxygen atoms in total. The Morgan fingerprint density at radius 3 is 2.55 bits per heavy atom. The van der Waals surface area contributed by atoms with Crippen LogP contribution in [0.25, 0.3) is 0 Å². The van der Waals surface area contributed by atoms with Gasteiger partial charge >= 0.3 is 12.1 Å². The largest absolute Gasteiger partial charge is 0.481 e. The minimum atomic E-state index is -4.87. The van der Waals surface area contributed by atoms with Gasteiger partial charge in [0.05, 0.1) is 17.0 Å². The maximum Gasteiger partial charge on any atom is 0.417 e. The molecule has 1 aliphatic rings. The fourth-order valence-electron chi connectivity index (χ4n) is 2.47. The Balaban J connectivity index is 2.31. The van der Waals surface area contributed by atoms with Crippen molar-refractivity contribution in [2.75, 3.05) is 13.1 Å². The predicted octanol–water partition coefficient (Wildman–Crippen LogP) is 2.78. The molecule has 1 saturated heterocycles. The van der Waals surface area contributed by atoms with Gasteiger partial charge in [-0.05, 0) is 31.0 Å². The number of hydrogen-bond acceptors (Lipinski definition) is 2. The molecule has 120 valence electrons. The number of nitrogens with zero attached hydrogens (tertiary/aromatic N) is 1. The van der Waals surface area contributed by atoms with Crippen LogP contribution >= 0.6 is 0 Å². The SMILES string of the molecule is O=C(O)C1CCCN(C(=O)c2ccc(F)cc2C(F)(F)F)C1. The van der Waals surface area contributed by atoms with Gasteiger partial charge in [0.15, 0.2) is 0 Å². The lowest BCUT2D eigenvalue weighted by atomic mass is 9.96. The molecule has 0 bridgehead atoms. The highest BCUT2D eigenvalue weighted by molar-refractivity contribution is 5.96. The first-order valence-corrected chi connectivity index (χ1v) is 6.59. The van der Waals surface area contributed by atoms with Crippen LogP contribution in [0.5, 0.6) is 0 Å². The zero-order valence-corrected chi connectivity index (χ0v) is 11.4. The van der Waals surface area contributed by atoms with Gasteiger partial charge in [0, 0.05) is 13.1 Å². The highest BCUT2D eigenvalue weighted by atomic mass is 19.4. The van der Waals surface area contributed by atoms with Gasteiger partial charge in [0.2, 0.25) is 0 Å². The highest BCUT2D eigenvalue weighted by Crippen LogP contribution is 2.33. The van der Waals surface area contributed by atoms with Crippen molar-refractivity contribution in [3.8, 4) is 0 Å². The summed E-state index contributed by atoms with van der Waals surface area (Å²) in [6, 6.07) is 1.83. The first-order chi connectivity index (χ1) is 10.2. The van der Waals surface area contributed by atoms with Crippen LogP contribution in [0.3, 0.4) is 0 Å². The Morgan fingerprint density at radius 2 is 1.95 bits per heavy atom. The van der Waals surface area contributed by atoms with E-state index in [0.717, 1.165) is 17.0 Å². The molecule has 1 unspecified atom stereocenters. The number of hydrogen-bond donors (Lipinski definition) is 1. The molecule has 22 heavy (non-hydrogen) atoms. The van der Waals surface area contributed by atoms with Crippen molar-refractivity contribution in [3.05, 3.63) is 35.1 Å². The zero-order valence-electron chi connectivity index (χ0n) is 11.4. The topological polar surface area (TPSA) is 57.6 Å². The second kappa shape index (κ2) is 5.94. The van der Waals surface area contributed by atoms with E-state index in [4.69, 9.17) is 5.11 Å². The van der Waals surface area contributed by atoms with Crippen molar-refractivity contribution in [2.24, 2.45) is 5.92 Å². The van der Waals surface area contributed by atoms with Crippen LogP contribution < -0.4 is 0 Å². The summed E-state index contributed by atoms with van der Waals surface area (Å²) in [6.07, 6.45) is -4.10.